The molecule has 7 rings (SSSR count). The third-order valence-electron chi connectivity index (χ3n) is 8.21. The van der Waals surface area contributed by atoms with Gasteiger partial charge >= 0.3 is 0 Å². The summed E-state index contributed by atoms with van der Waals surface area (Å²) in [4.78, 5) is 16.8. The molecule has 192 valence electrons. The fourth-order valence-corrected chi connectivity index (χ4v) is 5.92. The number of likely N-dealkylation sites (tertiary alicyclic amines) is 1. The first-order valence-electron chi connectivity index (χ1n) is 13.7. The van der Waals surface area contributed by atoms with E-state index < -0.39 is 0 Å². The number of hydrogen-bond donors (Lipinski definition) is 2. The second kappa shape index (κ2) is 9.82. The van der Waals surface area contributed by atoms with Crippen molar-refractivity contribution in [3.05, 3.63) is 85.1 Å². The van der Waals surface area contributed by atoms with Crippen LogP contribution in [0.2, 0.25) is 0 Å². The van der Waals surface area contributed by atoms with Crippen LogP contribution in [-0.4, -0.2) is 56.5 Å². The molecule has 0 spiro atoms. The van der Waals surface area contributed by atoms with Crippen LogP contribution in [0.1, 0.15) is 37.4 Å². The van der Waals surface area contributed by atoms with Crippen LogP contribution in [-0.2, 0) is 0 Å². The van der Waals surface area contributed by atoms with Crippen molar-refractivity contribution < 1.29 is 0 Å². The van der Waals surface area contributed by atoms with Gasteiger partial charge in [0.1, 0.15) is 11.3 Å². The summed E-state index contributed by atoms with van der Waals surface area (Å²) >= 11 is 0. The summed E-state index contributed by atoms with van der Waals surface area (Å²) in [6, 6.07) is 22.0. The smallest absolute Gasteiger partial charge is 0.156 e. The predicted octanol–water partition coefficient (Wildman–Crippen LogP) is 5.62. The minimum Gasteiger partial charge on any atom is -0.338 e. The molecule has 0 radical (unpaired) electrons. The number of hydrogen-bond acceptors (Lipinski definition) is 6. The van der Waals surface area contributed by atoms with Crippen LogP contribution in [0.3, 0.4) is 0 Å². The molecular weight excluding hydrogens is 470 g/mol. The van der Waals surface area contributed by atoms with Crippen LogP contribution < -0.4 is 10.6 Å². The van der Waals surface area contributed by atoms with Gasteiger partial charge in [0, 0.05) is 47.0 Å². The van der Waals surface area contributed by atoms with Crippen molar-refractivity contribution >= 4 is 27.9 Å². The number of benzene rings is 2. The van der Waals surface area contributed by atoms with E-state index in [9.17, 15) is 0 Å². The lowest BCUT2D eigenvalue weighted by Gasteiger charge is -2.40. The molecule has 0 amide bonds. The number of anilines is 2. The summed E-state index contributed by atoms with van der Waals surface area (Å²) in [6.07, 6.45) is 10.7. The van der Waals surface area contributed by atoms with Gasteiger partial charge in [0.15, 0.2) is 5.82 Å². The second-order valence-corrected chi connectivity index (χ2v) is 10.9. The number of nitrogens with zero attached hydrogens (tertiary/aromatic N) is 5. The number of imidazole rings is 1. The molecule has 7 nitrogen and oxygen atoms in total. The van der Waals surface area contributed by atoms with Gasteiger partial charge in [-0.1, -0.05) is 42.5 Å². The molecule has 2 fully saturated rings. The van der Waals surface area contributed by atoms with Gasteiger partial charge in [-0.2, -0.15) is 0 Å². The summed E-state index contributed by atoms with van der Waals surface area (Å²) in [6.45, 7) is 2.39. The first kappa shape index (κ1) is 23.3. The maximum absolute atomic E-state index is 4.92. The largest absolute Gasteiger partial charge is 0.338 e. The molecule has 2 aliphatic rings. The number of rotatable bonds is 6. The first-order valence-corrected chi connectivity index (χ1v) is 13.7. The van der Waals surface area contributed by atoms with Gasteiger partial charge in [-0.05, 0) is 64.0 Å². The van der Waals surface area contributed by atoms with E-state index in [1.54, 1.807) is 0 Å². The van der Waals surface area contributed by atoms with Gasteiger partial charge in [-0.3, -0.25) is 4.40 Å². The van der Waals surface area contributed by atoms with Gasteiger partial charge in [0.05, 0.1) is 17.4 Å². The summed E-state index contributed by atoms with van der Waals surface area (Å²) in [5.74, 6) is 2.43. The molecule has 1 aliphatic heterocycles. The van der Waals surface area contributed by atoms with E-state index in [4.69, 9.17) is 9.97 Å². The minimum absolute atomic E-state index is 0.484. The molecule has 0 atom stereocenters. The molecule has 1 aliphatic carbocycles. The Kier molecular flexibility index (Phi) is 6.02. The van der Waals surface area contributed by atoms with Crippen LogP contribution in [0.4, 0.5) is 11.5 Å². The Balaban J connectivity index is 1.08. The molecule has 4 heterocycles. The lowest BCUT2D eigenvalue weighted by molar-refractivity contribution is 0.190. The first-order chi connectivity index (χ1) is 18.7. The van der Waals surface area contributed by atoms with Crippen LogP contribution in [0.5, 0.6) is 0 Å². The highest BCUT2D eigenvalue weighted by Crippen LogP contribution is 2.38. The number of aromatic nitrogens is 4. The van der Waals surface area contributed by atoms with Gasteiger partial charge in [0.25, 0.3) is 0 Å². The van der Waals surface area contributed by atoms with E-state index in [1.807, 2.05) is 36.8 Å². The molecule has 1 saturated carbocycles. The molecule has 2 N–H and O–H groups in total. The Bertz CT molecular complexity index is 1560. The van der Waals surface area contributed by atoms with Crippen LogP contribution in [0.25, 0.3) is 27.7 Å². The zero-order valence-electron chi connectivity index (χ0n) is 21.7. The Hall–Kier alpha value is -3.81. The van der Waals surface area contributed by atoms with Crippen LogP contribution in [0, 0.1) is 0 Å². The van der Waals surface area contributed by atoms with E-state index >= 15 is 0 Å². The quantitative estimate of drug-likeness (QED) is 0.314. The van der Waals surface area contributed by atoms with Gasteiger partial charge in [0.2, 0.25) is 0 Å². The third-order valence-corrected chi connectivity index (χ3v) is 8.21. The SMILES string of the molecule is CN1CCC(NC2CC(c3ncc4c(Nc5ccc6ccc(-c7ccccc7)nc6c5)nccn34)C2)CC1. The normalized spacial score (nSPS) is 20.6. The van der Waals surface area contributed by atoms with Gasteiger partial charge in [-0.15, -0.1) is 0 Å². The summed E-state index contributed by atoms with van der Waals surface area (Å²) in [5, 5.41) is 8.53. The average molecular weight is 504 g/mol. The van der Waals surface area contributed by atoms with Crippen molar-refractivity contribution in [2.75, 3.05) is 25.5 Å². The van der Waals surface area contributed by atoms with E-state index in [1.165, 1.54) is 25.9 Å². The van der Waals surface area contributed by atoms with Gasteiger partial charge < -0.3 is 15.5 Å². The average Bonchev–Trinajstić information content (AvgIpc) is 3.36. The van der Waals surface area contributed by atoms with Crippen LogP contribution in [0.15, 0.2) is 79.3 Å². The molecular formula is C31H33N7. The summed E-state index contributed by atoms with van der Waals surface area (Å²) in [7, 11) is 2.22. The molecule has 3 aromatic heterocycles. The highest BCUT2D eigenvalue weighted by atomic mass is 15.1. The molecule has 2 aromatic carbocycles. The lowest BCUT2D eigenvalue weighted by atomic mass is 9.79. The standard InChI is InChI=1S/C31H33N7/c1-37-14-11-24(12-15-37)34-26-17-23(18-26)31-33-20-29-30(32-13-16-38(29)31)35-25-9-7-22-8-10-27(36-28(22)19-25)21-5-3-2-4-6-21/h2-10,13,16,19-20,23-24,26,34H,11-12,14-15,17-18H2,1H3,(H,32,35). The minimum atomic E-state index is 0.484. The lowest BCUT2D eigenvalue weighted by Crippen LogP contribution is -2.49. The number of piperidine rings is 1. The highest BCUT2D eigenvalue weighted by Gasteiger charge is 2.34. The van der Waals surface area contributed by atoms with Crippen molar-refractivity contribution in [1.29, 1.82) is 0 Å². The topological polar surface area (TPSA) is 70.4 Å². The monoisotopic (exact) mass is 503 g/mol. The van der Waals surface area contributed by atoms with E-state index in [2.05, 4.69) is 74.4 Å². The number of pyridine rings is 1. The van der Waals surface area contributed by atoms with Crippen LogP contribution >= 0.6 is 0 Å². The highest BCUT2D eigenvalue weighted by molar-refractivity contribution is 5.86. The van der Waals surface area contributed by atoms with Crippen molar-refractivity contribution in [3.8, 4) is 11.3 Å². The Morgan fingerprint density at radius 3 is 2.55 bits per heavy atom. The van der Waals surface area contributed by atoms with E-state index in [-0.39, 0.29) is 0 Å². The zero-order valence-corrected chi connectivity index (χ0v) is 21.7. The molecule has 5 aromatic rings. The number of nitrogens with one attached hydrogen (secondary N) is 2. The Morgan fingerprint density at radius 2 is 1.71 bits per heavy atom. The molecule has 7 heteroatoms. The number of fused-ring (bicyclic) bond motifs is 2. The zero-order chi connectivity index (χ0) is 25.5. The molecule has 0 bridgehead atoms. The molecule has 1 saturated heterocycles. The fraction of sp³-hybridized carbons (Fsp3) is 0.323. The van der Waals surface area contributed by atoms with E-state index in [0.717, 1.165) is 57.8 Å². The molecule has 0 unspecified atom stereocenters. The van der Waals surface area contributed by atoms with Gasteiger partial charge in [-0.25, -0.2) is 15.0 Å². The van der Waals surface area contributed by atoms with Crippen molar-refractivity contribution in [3.63, 3.8) is 0 Å². The second-order valence-electron chi connectivity index (χ2n) is 10.9. The van der Waals surface area contributed by atoms with Crippen molar-refractivity contribution in [1.82, 2.24) is 29.6 Å². The maximum atomic E-state index is 4.92. The summed E-state index contributed by atoms with van der Waals surface area (Å²) < 4.78 is 2.21. The van der Waals surface area contributed by atoms with E-state index in [0.29, 0.717) is 18.0 Å². The molecule has 38 heavy (non-hydrogen) atoms. The fourth-order valence-electron chi connectivity index (χ4n) is 5.92. The predicted molar refractivity (Wildman–Crippen MR) is 153 cm³/mol. The Morgan fingerprint density at radius 1 is 0.895 bits per heavy atom. The van der Waals surface area contributed by atoms with Crippen molar-refractivity contribution in [2.24, 2.45) is 0 Å². The Labute approximate surface area is 223 Å². The van der Waals surface area contributed by atoms with Crippen molar-refractivity contribution in [2.45, 2.75) is 43.7 Å². The third kappa shape index (κ3) is 4.52. The maximum Gasteiger partial charge on any atom is 0.156 e. The summed E-state index contributed by atoms with van der Waals surface area (Å²) in [5.41, 5.74) is 5.01.